The van der Waals surface area contributed by atoms with Crippen molar-refractivity contribution in [1.82, 2.24) is 10.2 Å². The van der Waals surface area contributed by atoms with Gasteiger partial charge in [0.2, 0.25) is 21.8 Å². The molecule has 1 aliphatic rings. The van der Waals surface area contributed by atoms with Crippen molar-refractivity contribution in [2.24, 2.45) is 0 Å². The summed E-state index contributed by atoms with van der Waals surface area (Å²) in [4.78, 5) is 28.1. The van der Waals surface area contributed by atoms with E-state index in [1.165, 1.54) is 10.6 Å². The summed E-state index contributed by atoms with van der Waals surface area (Å²) in [6.45, 7) is 6.20. The van der Waals surface area contributed by atoms with E-state index in [2.05, 4.69) is 5.32 Å². The third kappa shape index (κ3) is 7.82. The van der Waals surface area contributed by atoms with Crippen LogP contribution in [-0.2, 0) is 26.2 Å². The molecule has 0 bridgehead atoms. The lowest BCUT2D eigenvalue weighted by molar-refractivity contribution is -0.141. The SMILES string of the molecule is Cc1cccc(CN(C(=O)CCCN(c2cccc(C)c2)S(C)(=O)=O)[C@H](C)C(=O)NC2CCCC2)c1. The van der Waals surface area contributed by atoms with Crippen molar-refractivity contribution in [3.8, 4) is 0 Å². The maximum absolute atomic E-state index is 13.4. The van der Waals surface area contributed by atoms with E-state index in [1.807, 2.05) is 56.3 Å². The number of hydrogen-bond acceptors (Lipinski definition) is 4. The van der Waals surface area contributed by atoms with Gasteiger partial charge in [0.05, 0.1) is 11.9 Å². The van der Waals surface area contributed by atoms with Gasteiger partial charge in [-0.25, -0.2) is 8.42 Å². The minimum Gasteiger partial charge on any atom is -0.352 e. The van der Waals surface area contributed by atoms with Gasteiger partial charge in [-0.05, 0) is 63.3 Å². The highest BCUT2D eigenvalue weighted by molar-refractivity contribution is 7.92. The van der Waals surface area contributed by atoms with Crippen molar-refractivity contribution in [2.45, 2.75) is 77.9 Å². The Morgan fingerprint density at radius 1 is 1.03 bits per heavy atom. The number of carbonyl (C=O) groups is 2. The number of rotatable bonds is 11. The molecule has 36 heavy (non-hydrogen) atoms. The first kappa shape index (κ1) is 27.7. The first-order valence-corrected chi connectivity index (χ1v) is 14.6. The van der Waals surface area contributed by atoms with Crippen LogP contribution in [0, 0.1) is 13.8 Å². The van der Waals surface area contributed by atoms with Crippen molar-refractivity contribution < 1.29 is 18.0 Å². The maximum atomic E-state index is 13.4. The van der Waals surface area contributed by atoms with Crippen LogP contribution in [0.3, 0.4) is 0 Å². The summed E-state index contributed by atoms with van der Waals surface area (Å²) in [7, 11) is -3.51. The molecule has 1 saturated carbocycles. The summed E-state index contributed by atoms with van der Waals surface area (Å²) in [5.74, 6) is -0.302. The van der Waals surface area contributed by atoms with Gasteiger partial charge < -0.3 is 10.2 Å². The predicted octanol–water partition coefficient (Wildman–Crippen LogP) is 4.33. The van der Waals surface area contributed by atoms with E-state index >= 15 is 0 Å². The van der Waals surface area contributed by atoms with E-state index in [1.54, 1.807) is 17.9 Å². The van der Waals surface area contributed by atoms with Gasteiger partial charge in [0, 0.05) is 25.6 Å². The second-order valence-corrected chi connectivity index (χ2v) is 11.9. The van der Waals surface area contributed by atoms with Gasteiger partial charge in [0.25, 0.3) is 0 Å². The lowest BCUT2D eigenvalue weighted by Crippen LogP contribution is -2.49. The molecule has 1 aliphatic carbocycles. The molecule has 0 aliphatic heterocycles. The second-order valence-electron chi connectivity index (χ2n) is 9.95. The molecule has 0 heterocycles. The molecule has 196 valence electrons. The van der Waals surface area contributed by atoms with E-state index in [-0.39, 0.29) is 30.8 Å². The summed E-state index contributed by atoms with van der Waals surface area (Å²) in [6, 6.07) is 14.8. The van der Waals surface area contributed by atoms with Crippen molar-refractivity contribution in [1.29, 1.82) is 0 Å². The van der Waals surface area contributed by atoms with E-state index < -0.39 is 16.1 Å². The Bertz CT molecular complexity index is 1160. The van der Waals surface area contributed by atoms with Crippen LogP contribution in [0.15, 0.2) is 48.5 Å². The lowest BCUT2D eigenvalue weighted by atomic mass is 10.1. The number of nitrogens with one attached hydrogen (secondary N) is 1. The van der Waals surface area contributed by atoms with Gasteiger partial charge in [-0.3, -0.25) is 13.9 Å². The van der Waals surface area contributed by atoms with Crippen molar-refractivity contribution in [2.75, 3.05) is 17.1 Å². The minimum atomic E-state index is -3.51. The van der Waals surface area contributed by atoms with Gasteiger partial charge in [0.1, 0.15) is 6.04 Å². The number of nitrogens with zero attached hydrogens (tertiary/aromatic N) is 2. The standard InChI is InChI=1S/C28H39N3O4S/c1-21-10-7-12-24(18-21)20-30(23(3)28(33)29-25-13-5-6-14-25)27(32)16-9-17-31(36(4,34)35)26-15-8-11-22(2)19-26/h7-8,10-12,15,18-19,23,25H,5-6,9,13-14,16-17,20H2,1-4H3,(H,29,33)/t23-/m1/s1. The fourth-order valence-corrected chi connectivity index (χ4v) is 5.73. The average molecular weight is 514 g/mol. The summed E-state index contributed by atoms with van der Waals surface area (Å²) < 4.78 is 26.3. The minimum absolute atomic E-state index is 0.138. The van der Waals surface area contributed by atoms with Crippen LogP contribution in [0.25, 0.3) is 0 Å². The topological polar surface area (TPSA) is 86.8 Å². The van der Waals surface area contributed by atoms with Crippen LogP contribution in [-0.4, -0.2) is 50.0 Å². The molecule has 2 aromatic carbocycles. The molecule has 8 heteroatoms. The maximum Gasteiger partial charge on any atom is 0.242 e. The Hall–Kier alpha value is -2.87. The van der Waals surface area contributed by atoms with E-state index in [0.717, 1.165) is 42.4 Å². The number of amides is 2. The molecule has 1 fully saturated rings. The first-order chi connectivity index (χ1) is 17.0. The predicted molar refractivity (Wildman–Crippen MR) is 144 cm³/mol. The van der Waals surface area contributed by atoms with Gasteiger partial charge in [-0.2, -0.15) is 0 Å². The normalized spacial score (nSPS) is 14.9. The highest BCUT2D eigenvalue weighted by Crippen LogP contribution is 2.21. The zero-order chi connectivity index (χ0) is 26.3. The van der Waals surface area contributed by atoms with E-state index in [4.69, 9.17) is 0 Å². The largest absolute Gasteiger partial charge is 0.352 e. The first-order valence-electron chi connectivity index (χ1n) is 12.7. The van der Waals surface area contributed by atoms with Gasteiger partial charge >= 0.3 is 0 Å². The van der Waals surface area contributed by atoms with Crippen LogP contribution in [0.1, 0.15) is 62.1 Å². The molecule has 0 radical (unpaired) electrons. The number of carbonyl (C=O) groups excluding carboxylic acids is 2. The zero-order valence-electron chi connectivity index (χ0n) is 21.9. The summed E-state index contributed by atoms with van der Waals surface area (Å²) in [5, 5.41) is 3.11. The number of anilines is 1. The van der Waals surface area contributed by atoms with Crippen LogP contribution in [0.2, 0.25) is 0 Å². The monoisotopic (exact) mass is 513 g/mol. The molecule has 0 aromatic heterocycles. The Morgan fingerprint density at radius 2 is 1.67 bits per heavy atom. The van der Waals surface area contributed by atoms with Crippen LogP contribution in [0.4, 0.5) is 5.69 Å². The molecular formula is C28H39N3O4S. The number of aryl methyl sites for hydroxylation is 2. The number of benzene rings is 2. The zero-order valence-corrected chi connectivity index (χ0v) is 22.7. The Labute approximate surface area is 215 Å². The van der Waals surface area contributed by atoms with Gasteiger partial charge in [0.15, 0.2) is 0 Å². The average Bonchev–Trinajstić information content (AvgIpc) is 3.32. The molecule has 1 atom stereocenters. The third-order valence-corrected chi connectivity index (χ3v) is 7.94. The molecule has 2 aromatic rings. The van der Waals surface area contributed by atoms with E-state index in [0.29, 0.717) is 18.7 Å². The Balaban J connectivity index is 1.72. The molecule has 0 spiro atoms. The van der Waals surface area contributed by atoms with Crippen molar-refractivity contribution in [3.63, 3.8) is 0 Å². The fraction of sp³-hybridized carbons (Fsp3) is 0.500. The Kier molecular flexibility index (Phi) is 9.54. The molecule has 0 unspecified atom stereocenters. The highest BCUT2D eigenvalue weighted by atomic mass is 32.2. The van der Waals surface area contributed by atoms with Crippen LogP contribution < -0.4 is 9.62 Å². The van der Waals surface area contributed by atoms with Crippen LogP contribution in [0.5, 0.6) is 0 Å². The third-order valence-electron chi connectivity index (χ3n) is 6.75. The summed E-state index contributed by atoms with van der Waals surface area (Å²) in [6.07, 6.45) is 5.85. The Morgan fingerprint density at radius 3 is 2.28 bits per heavy atom. The quantitative estimate of drug-likeness (QED) is 0.485. The van der Waals surface area contributed by atoms with Crippen molar-refractivity contribution >= 4 is 27.5 Å². The highest BCUT2D eigenvalue weighted by Gasteiger charge is 2.28. The summed E-state index contributed by atoms with van der Waals surface area (Å²) >= 11 is 0. The second kappa shape index (κ2) is 12.4. The van der Waals surface area contributed by atoms with Gasteiger partial charge in [-0.1, -0.05) is 54.8 Å². The van der Waals surface area contributed by atoms with Crippen LogP contribution >= 0.6 is 0 Å². The number of hydrogen-bond donors (Lipinski definition) is 1. The lowest BCUT2D eigenvalue weighted by Gasteiger charge is -2.30. The van der Waals surface area contributed by atoms with E-state index in [9.17, 15) is 18.0 Å². The van der Waals surface area contributed by atoms with Gasteiger partial charge in [-0.15, -0.1) is 0 Å². The van der Waals surface area contributed by atoms with Crippen molar-refractivity contribution in [3.05, 3.63) is 65.2 Å². The molecule has 3 rings (SSSR count). The molecule has 0 saturated heterocycles. The smallest absolute Gasteiger partial charge is 0.242 e. The molecule has 2 amide bonds. The molecule has 7 nitrogen and oxygen atoms in total. The number of sulfonamides is 1. The molecular weight excluding hydrogens is 474 g/mol. The summed E-state index contributed by atoms with van der Waals surface area (Å²) in [5.41, 5.74) is 3.60. The molecule has 1 N–H and O–H groups in total. The fourth-order valence-electron chi connectivity index (χ4n) is 4.77.